The minimum absolute atomic E-state index is 0.0709. The summed E-state index contributed by atoms with van der Waals surface area (Å²) in [4.78, 5) is 3.99. The first-order valence-electron chi connectivity index (χ1n) is 7.09. The van der Waals surface area contributed by atoms with Crippen molar-refractivity contribution >= 4 is 10.0 Å². The van der Waals surface area contributed by atoms with Gasteiger partial charge in [-0.15, -0.1) is 0 Å². The number of aromatic nitrogens is 1. The molecule has 0 N–H and O–H groups in total. The molecule has 0 radical (unpaired) electrons. The summed E-state index contributed by atoms with van der Waals surface area (Å²) in [6.45, 7) is 2.21. The van der Waals surface area contributed by atoms with Crippen molar-refractivity contribution in [1.82, 2.24) is 9.29 Å². The largest absolute Gasteiger partial charge is 0.383 e. The van der Waals surface area contributed by atoms with Crippen LogP contribution in [0, 0.1) is 12.7 Å². The van der Waals surface area contributed by atoms with Gasteiger partial charge in [0.25, 0.3) is 0 Å². The van der Waals surface area contributed by atoms with Gasteiger partial charge in [0.1, 0.15) is 5.82 Å². The van der Waals surface area contributed by atoms with E-state index < -0.39 is 15.8 Å². The Hall–Kier alpha value is -1.83. The Balaban J connectivity index is 2.34. The van der Waals surface area contributed by atoms with E-state index >= 15 is 0 Å². The lowest BCUT2D eigenvalue weighted by atomic mass is 10.2. The molecule has 0 aliphatic rings. The van der Waals surface area contributed by atoms with E-state index in [-0.39, 0.29) is 24.6 Å². The van der Waals surface area contributed by atoms with Crippen LogP contribution in [0.2, 0.25) is 0 Å². The number of sulfonamides is 1. The minimum Gasteiger partial charge on any atom is -0.383 e. The maximum Gasteiger partial charge on any atom is 0.243 e. The zero-order valence-corrected chi connectivity index (χ0v) is 13.9. The van der Waals surface area contributed by atoms with Crippen LogP contribution in [-0.2, 0) is 21.3 Å². The molecule has 1 aromatic heterocycles. The maximum absolute atomic E-state index is 13.4. The van der Waals surface area contributed by atoms with Crippen molar-refractivity contribution in [2.75, 3.05) is 20.3 Å². The van der Waals surface area contributed by atoms with E-state index in [1.807, 2.05) is 0 Å². The molecule has 124 valence electrons. The predicted molar refractivity (Wildman–Crippen MR) is 84.8 cm³/mol. The molecule has 1 aromatic carbocycles. The number of halogens is 1. The van der Waals surface area contributed by atoms with Gasteiger partial charge in [0.05, 0.1) is 11.5 Å². The number of pyridine rings is 1. The third-order valence-corrected chi connectivity index (χ3v) is 5.26. The summed E-state index contributed by atoms with van der Waals surface area (Å²) in [6.07, 6.45) is 3.22. The molecule has 1 heterocycles. The smallest absolute Gasteiger partial charge is 0.243 e. The van der Waals surface area contributed by atoms with E-state index in [9.17, 15) is 12.8 Å². The molecular formula is C16H19FN2O3S. The van der Waals surface area contributed by atoms with Crippen molar-refractivity contribution in [3.8, 4) is 0 Å². The van der Waals surface area contributed by atoms with Crippen LogP contribution in [0.4, 0.5) is 4.39 Å². The average molecular weight is 338 g/mol. The third-order valence-electron chi connectivity index (χ3n) is 3.42. The molecule has 0 atom stereocenters. The van der Waals surface area contributed by atoms with Gasteiger partial charge >= 0.3 is 0 Å². The molecule has 0 aliphatic carbocycles. The number of benzene rings is 1. The normalized spacial score (nSPS) is 11.8. The summed E-state index contributed by atoms with van der Waals surface area (Å²) < 4.78 is 45.4. The first-order chi connectivity index (χ1) is 10.9. The second-order valence-electron chi connectivity index (χ2n) is 5.10. The summed E-state index contributed by atoms with van der Waals surface area (Å²) in [5.74, 6) is -0.429. The Morgan fingerprint density at radius 3 is 2.52 bits per heavy atom. The minimum atomic E-state index is -3.74. The summed E-state index contributed by atoms with van der Waals surface area (Å²) >= 11 is 0. The molecule has 2 aromatic rings. The highest BCUT2D eigenvalue weighted by atomic mass is 32.2. The number of rotatable bonds is 7. The summed E-state index contributed by atoms with van der Waals surface area (Å²) in [5.41, 5.74) is 1.11. The molecule has 0 fully saturated rings. The van der Waals surface area contributed by atoms with Crippen LogP contribution in [0.25, 0.3) is 0 Å². The zero-order valence-electron chi connectivity index (χ0n) is 13.1. The highest BCUT2D eigenvalue weighted by Crippen LogP contribution is 2.20. The molecule has 0 saturated carbocycles. The molecule has 0 spiro atoms. The standard InChI is InChI=1S/C16H19FN2O3S/c1-13-11-15(3-4-16(13)17)23(20,21)19(9-10-22-2)12-14-5-7-18-8-6-14/h3-8,11H,9-10,12H2,1-2H3. The maximum atomic E-state index is 13.4. The van der Waals surface area contributed by atoms with E-state index in [2.05, 4.69) is 4.98 Å². The van der Waals surface area contributed by atoms with Gasteiger partial charge in [0.15, 0.2) is 0 Å². The van der Waals surface area contributed by atoms with Crippen LogP contribution < -0.4 is 0 Å². The van der Waals surface area contributed by atoms with Gasteiger partial charge in [-0.25, -0.2) is 12.8 Å². The van der Waals surface area contributed by atoms with Crippen LogP contribution in [0.15, 0.2) is 47.6 Å². The fourth-order valence-electron chi connectivity index (χ4n) is 2.10. The molecule has 23 heavy (non-hydrogen) atoms. The van der Waals surface area contributed by atoms with E-state index in [4.69, 9.17) is 4.74 Å². The van der Waals surface area contributed by atoms with Gasteiger partial charge in [-0.05, 0) is 48.4 Å². The Bertz CT molecular complexity index is 751. The molecule has 0 amide bonds. The van der Waals surface area contributed by atoms with E-state index in [1.165, 1.54) is 36.5 Å². The van der Waals surface area contributed by atoms with Crippen LogP contribution in [0.3, 0.4) is 0 Å². The molecule has 7 heteroatoms. The fraction of sp³-hybridized carbons (Fsp3) is 0.312. The monoisotopic (exact) mass is 338 g/mol. The summed E-state index contributed by atoms with van der Waals surface area (Å²) in [6, 6.07) is 7.31. The van der Waals surface area contributed by atoms with Gasteiger partial charge in [-0.3, -0.25) is 4.98 Å². The Morgan fingerprint density at radius 1 is 1.22 bits per heavy atom. The van der Waals surface area contributed by atoms with Gasteiger partial charge < -0.3 is 4.74 Å². The summed E-state index contributed by atoms with van der Waals surface area (Å²) in [5, 5.41) is 0. The molecule has 0 aliphatic heterocycles. The Kier molecular flexibility index (Phi) is 5.81. The molecular weight excluding hydrogens is 319 g/mol. The second kappa shape index (κ2) is 7.63. The molecule has 0 unspecified atom stereocenters. The summed E-state index contributed by atoms with van der Waals surface area (Å²) in [7, 11) is -2.23. The Labute approximate surface area is 135 Å². The number of hydrogen-bond donors (Lipinski definition) is 0. The topological polar surface area (TPSA) is 59.5 Å². The van der Waals surface area contributed by atoms with E-state index in [0.717, 1.165) is 5.56 Å². The number of hydrogen-bond acceptors (Lipinski definition) is 4. The molecule has 0 bridgehead atoms. The van der Waals surface area contributed by atoms with Crippen molar-refractivity contribution in [1.29, 1.82) is 0 Å². The number of aryl methyl sites for hydroxylation is 1. The van der Waals surface area contributed by atoms with Gasteiger partial charge in [-0.1, -0.05) is 0 Å². The first-order valence-corrected chi connectivity index (χ1v) is 8.53. The van der Waals surface area contributed by atoms with E-state index in [1.54, 1.807) is 24.5 Å². The molecule has 5 nitrogen and oxygen atoms in total. The third kappa shape index (κ3) is 4.34. The quantitative estimate of drug-likeness (QED) is 0.778. The molecule has 0 saturated heterocycles. The lowest BCUT2D eigenvalue weighted by molar-refractivity contribution is 0.177. The van der Waals surface area contributed by atoms with Crippen molar-refractivity contribution in [3.05, 3.63) is 59.7 Å². The number of nitrogens with zero attached hydrogens (tertiary/aromatic N) is 2. The number of ether oxygens (including phenoxy) is 1. The lowest BCUT2D eigenvalue weighted by Crippen LogP contribution is -2.33. The van der Waals surface area contributed by atoms with Crippen LogP contribution >= 0.6 is 0 Å². The first kappa shape index (κ1) is 17.5. The highest BCUT2D eigenvalue weighted by Gasteiger charge is 2.25. The van der Waals surface area contributed by atoms with Crippen LogP contribution in [0.5, 0.6) is 0 Å². The van der Waals surface area contributed by atoms with Crippen LogP contribution in [0.1, 0.15) is 11.1 Å². The van der Waals surface area contributed by atoms with Crippen molar-refractivity contribution in [2.24, 2.45) is 0 Å². The SMILES string of the molecule is COCCN(Cc1ccncc1)S(=O)(=O)c1ccc(F)c(C)c1. The molecule has 2 rings (SSSR count). The van der Waals surface area contributed by atoms with Crippen molar-refractivity contribution < 1.29 is 17.5 Å². The second-order valence-corrected chi connectivity index (χ2v) is 7.04. The lowest BCUT2D eigenvalue weighted by Gasteiger charge is -2.22. The van der Waals surface area contributed by atoms with Crippen LogP contribution in [-0.4, -0.2) is 38.0 Å². The average Bonchev–Trinajstić information content (AvgIpc) is 2.54. The highest BCUT2D eigenvalue weighted by molar-refractivity contribution is 7.89. The van der Waals surface area contributed by atoms with Gasteiger partial charge in [-0.2, -0.15) is 4.31 Å². The van der Waals surface area contributed by atoms with E-state index in [0.29, 0.717) is 5.56 Å². The van der Waals surface area contributed by atoms with Crippen molar-refractivity contribution in [2.45, 2.75) is 18.4 Å². The zero-order chi connectivity index (χ0) is 16.9. The fourth-order valence-corrected chi connectivity index (χ4v) is 3.59. The number of methoxy groups -OCH3 is 1. The predicted octanol–water partition coefficient (Wildman–Crippen LogP) is 2.37. The van der Waals surface area contributed by atoms with Crippen molar-refractivity contribution in [3.63, 3.8) is 0 Å². The van der Waals surface area contributed by atoms with Gasteiger partial charge in [0, 0.05) is 32.6 Å². The van der Waals surface area contributed by atoms with Gasteiger partial charge in [0.2, 0.25) is 10.0 Å². The Morgan fingerprint density at radius 2 is 1.91 bits per heavy atom.